The van der Waals surface area contributed by atoms with E-state index < -0.39 is 5.60 Å². The molecule has 0 bridgehead atoms. The number of hydrogen-bond donors (Lipinski definition) is 2. The number of piperidine rings is 1. The van der Waals surface area contributed by atoms with Gasteiger partial charge in [0, 0.05) is 18.8 Å². The van der Waals surface area contributed by atoms with Crippen molar-refractivity contribution in [3.8, 4) is 0 Å². The zero-order valence-corrected chi connectivity index (χ0v) is 7.56. The lowest BCUT2D eigenvalue weighted by Gasteiger charge is -2.39. The van der Waals surface area contributed by atoms with Crippen LogP contribution in [0.2, 0.25) is 0 Å². The van der Waals surface area contributed by atoms with Gasteiger partial charge in [0.2, 0.25) is 0 Å². The first-order chi connectivity index (χ1) is 6.23. The van der Waals surface area contributed by atoms with Gasteiger partial charge in [0.15, 0.2) is 5.60 Å². The van der Waals surface area contributed by atoms with Gasteiger partial charge in [-0.1, -0.05) is 6.58 Å². The molecule has 1 amide bonds. The van der Waals surface area contributed by atoms with E-state index in [-0.39, 0.29) is 5.91 Å². The Bertz CT molecular complexity index is 244. The number of carbonyl (C=O) groups is 1. The van der Waals surface area contributed by atoms with E-state index in [0.29, 0.717) is 13.2 Å². The fraction of sp³-hybridized carbons (Fsp3) is 0.667. The summed E-state index contributed by atoms with van der Waals surface area (Å²) in [4.78, 5) is 11.6. The standard InChI is InChI=1S/C9H14N2O2/c1-7-2-3-9(8(12)11-7)6-10-4-5-13-9/h10H,1-6H2,(H,11,12). The second kappa shape index (κ2) is 3.12. The molecular formula is C9H14N2O2. The highest BCUT2D eigenvalue weighted by Crippen LogP contribution is 2.26. The van der Waals surface area contributed by atoms with Crippen molar-refractivity contribution in [2.75, 3.05) is 19.7 Å². The minimum Gasteiger partial charge on any atom is -0.362 e. The summed E-state index contributed by atoms with van der Waals surface area (Å²) < 4.78 is 5.55. The zero-order chi connectivity index (χ0) is 9.31. The van der Waals surface area contributed by atoms with Gasteiger partial charge in [-0.2, -0.15) is 0 Å². The summed E-state index contributed by atoms with van der Waals surface area (Å²) in [7, 11) is 0. The molecule has 2 aliphatic heterocycles. The smallest absolute Gasteiger partial charge is 0.257 e. The van der Waals surface area contributed by atoms with Crippen molar-refractivity contribution in [1.29, 1.82) is 0 Å². The monoisotopic (exact) mass is 182 g/mol. The first-order valence-electron chi connectivity index (χ1n) is 4.57. The maximum absolute atomic E-state index is 11.6. The third-order valence-corrected chi connectivity index (χ3v) is 2.60. The van der Waals surface area contributed by atoms with Gasteiger partial charge in [0.1, 0.15) is 0 Å². The van der Waals surface area contributed by atoms with E-state index in [0.717, 1.165) is 25.1 Å². The minimum absolute atomic E-state index is 0.0454. The van der Waals surface area contributed by atoms with E-state index in [9.17, 15) is 4.79 Å². The number of carbonyl (C=O) groups excluding carboxylic acids is 1. The largest absolute Gasteiger partial charge is 0.362 e. The van der Waals surface area contributed by atoms with Crippen LogP contribution < -0.4 is 10.6 Å². The Morgan fingerprint density at radius 2 is 2.38 bits per heavy atom. The van der Waals surface area contributed by atoms with Crippen LogP contribution in [0.25, 0.3) is 0 Å². The molecule has 2 fully saturated rings. The molecule has 4 nitrogen and oxygen atoms in total. The Labute approximate surface area is 77.3 Å². The van der Waals surface area contributed by atoms with E-state index in [2.05, 4.69) is 17.2 Å². The normalized spacial score (nSPS) is 34.8. The van der Waals surface area contributed by atoms with Crippen LogP contribution in [0.1, 0.15) is 12.8 Å². The van der Waals surface area contributed by atoms with Gasteiger partial charge >= 0.3 is 0 Å². The number of allylic oxidation sites excluding steroid dienone is 1. The Kier molecular flexibility index (Phi) is 2.09. The van der Waals surface area contributed by atoms with Gasteiger partial charge in [-0.15, -0.1) is 0 Å². The third-order valence-electron chi connectivity index (χ3n) is 2.60. The summed E-state index contributed by atoms with van der Waals surface area (Å²) in [5.74, 6) is -0.0454. The molecule has 2 heterocycles. The lowest BCUT2D eigenvalue weighted by molar-refractivity contribution is -0.153. The second-order valence-electron chi connectivity index (χ2n) is 3.58. The molecule has 1 unspecified atom stereocenters. The molecule has 0 aromatic heterocycles. The van der Waals surface area contributed by atoms with Crippen LogP contribution in [0.15, 0.2) is 12.3 Å². The topological polar surface area (TPSA) is 50.4 Å². The lowest BCUT2D eigenvalue weighted by atomic mass is 9.90. The number of morpholine rings is 1. The molecule has 0 aromatic carbocycles. The van der Waals surface area contributed by atoms with Crippen molar-refractivity contribution in [1.82, 2.24) is 10.6 Å². The summed E-state index contributed by atoms with van der Waals surface area (Å²) in [5.41, 5.74) is 0.171. The summed E-state index contributed by atoms with van der Waals surface area (Å²) in [6, 6.07) is 0. The second-order valence-corrected chi connectivity index (χ2v) is 3.58. The van der Waals surface area contributed by atoms with Gasteiger partial charge in [-0.3, -0.25) is 4.79 Å². The van der Waals surface area contributed by atoms with E-state index in [1.807, 2.05) is 0 Å². The van der Waals surface area contributed by atoms with Gasteiger partial charge in [-0.05, 0) is 12.8 Å². The molecule has 2 N–H and O–H groups in total. The zero-order valence-electron chi connectivity index (χ0n) is 7.56. The van der Waals surface area contributed by atoms with Crippen molar-refractivity contribution < 1.29 is 9.53 Å². The average molecular weight is 182 g/mol. The molecule has 2 saturated heterocycles. The third kappa shape index (κ3) is 1.47. The molecule has 0 aliphatic carbocycles. The van der Waals surface area contributed by atoms with E-state index in [1.54, 1.807) is 0 Å². The van der Waals surface area contributed by atoms with Crippen molar-refractivity contribution in [2.45, 2.75) is 18.4 Å². The molecule has 13 heavy (non-hydrogen) atoms. The van der Waals surface area contributed by atoms with Crippen molar-refractivity contribution >= 4 is 5.91 Å². The number of rotatable bonds is 0. The Morgan fingerprint density at radius 1 is 1.54 bits per heavy atom. The van der Waals surface area contributed by atoms with Crippen molar-refractivity contribution in [2.24, 2.45) is 0 Å². The van der Waals surface area contributed by atoms with E-state index >= 15 is 0 Å². The summed E-state index contributed by atoms with van der Waals surface area (Å²) in [6.07, 6.45) is 1.55. The highest BCUT2D eigenvalue weighted by Gasteiger charge is 2.43. The number of amides is 1. The molecule has 1 atom stereocenters. The maximum atomic E-state index is 11.6. The summed E-state index contributed by atoms with van der Waals surface area (Å²) in [5, 5.41) is 5.92. The molecule has 2 rings (SSSR count). The highest BCUT2D eigenvalue weighted by atomic mass is 16.5. The Hall–Kier alpha value is -0.870. The fourth-order valence-corrected chi connectivity index (χ4v) is 1.77. The van der Waals surface area contributed by atoms with Crippen LogP contribution in [0.3, 0.4) is 0 Å². The van der Waals surface area contributed by atoms with Crippen molar-refractivity contribution in [3.63, 3.8) is 0 Å². The predicted octanol–water partition coefficient (Wildman–Crippen LogP) is -0.231. The number of hydrogen-bond acceptors (Lipinski definition) is 3. The maximum Gasteiger partial charge on any atom is 0.257 e. The molecule has 0 saturated carbocycles. The van der Waals surface area contributed by atoms with Crippen LogP contribution in [-0.4, -0.2) is 31.2 Å². The fourth-order valence-electron chi connectivity index (χ4n) is 1.77. The average Bonchev–Trinajstić information content (AvgIpc) is 2.14. The van der Waals surface area contributed by atoms with Gasteiger partial charge < -0.3 is 15.4 Å². The highest BCUT2D eigenvalue weighted by molar-refractivity contribution is 5.88. The van der Waals surface area contributed by atoms with Gasteiger partial charge in [0.05, 0.1) is 6.61 Å². The summed E-state index contributed by atoms with van der Waals surface area (Å²) in [6.45, 7) is 5.79. The quantitative estimate of drug-likeness (QED) is 0.544. The van der Waals surface area contributed by atoms with E-state index in [4.69, 9.17) is 4.74 Å². The van der Waals surface area contributed by atoms with E-state index in [1.165, 1.54) is 0 Å². The molecule has 4 heteroatoms. The molecule has 0 radical (unpaired) electrons. The van der Waals surface area contributed by atoms with Crippen LogP contribution in [-0.2, 0) is 9.53 Å². The first-order valence-corrected chi connectivity index (χ1v) is 4.57. The molecule has 0 aromatic rings. The lowest BCUT2D eigenvalue weighted by Crippen LogP contribution is -2.60. The van der Waals surface area contributed by atoms with Crippen molar-refractivity contribution in [3.05, 3.63) is 12.3 Å². The number of ether oxygens (including phenoxy) is 1. The van der Waals surface area contributed by atoms with Crippen LogP contribution in [0.5, 0.6) is 0 Å². The van der Waals surface area contributed by atoms with Crippen LogP contribution in [0.4, 0.5) is 0 Å². The Morgan fingerprint density at radius 3 is 3.00 bits per heavy atom. The molecule has 2 aliphatic rings. The van der Waals surface area contributed by atoms with Gasteiger partial charge in [-0.25, -0.2) is 0 Å². The Balaban J connectivity index is 2.12. The van der Waals surface area contributed by atoms with Crippen LogP contribution in [0, 0.1) is 0 Å². The minimum atomic E-state index is -0.626. The first kappa shape index (κ1) is 8.72. The molecule has 1 spiro atoms. The van der Waals surface area contributed by atoms with Crippen LogP contribution >= 0.6 is 0 Å². The number of nitrogens with one attached hydrogen (secondary N) is 2. The molecule has 72 valence electrons. The van der Waals surface area contributed by atoms with Gasteiger partial charge in [0.25, 0.3) is 5.91 Å². The molecular weight excluding hydrogens is 168 g/mol. The summed E-state index contributed by atoms with van der Waals surface area (Å²) >= 11 is 0. The SMILES string of the molecule is C=C1CCC2(CNCCO2)C(=O)N1. The predicted molar refractivity (Wildman–Crippen MR) is 48.1 cm³/mol.